The summed E-state index contributed by atoms with van der Waals surface area (Å²) >= 11 is 0. The lowest BCUT2D eigenvalue weighted by molar-refractivity contribution is -0.139. The van der Waals surface area contributed by atoms with Crippen molar-refractivity contribution in [3.05, 3.63) is 59.4 Å². The van der Waals surface area contributed by atoms with Crippen LogP contribution in [0.5, 0.6) is 11.5 Å². The van der Waals surface area contributed by atoms with Crippen LogP contribution in [0.3, 0.4) is 0 Å². The van der Waals surface area contributed by atoms with E-state index in [2.05, 4.69) is 0 Å². The summed E-state index contributed by atoms with van der Waals surface area (Å²) in [6.45, 7) is -0.634. The SMILES string of the molecule is O=C(O)COc1cccc(OCc2ccc(F)cc2)c1C(=O)O. The monoisotopic (exact) mass is 320 g/mol. The molecule has 0 saturated heterocycles. The quantitative estimate of drug-likeness (QED) is 0.814. The molecule has 0 spiro atoms. The first-order valence-corrected chi connectivity index (χ1v) is 6.55. The van der Waals surface area contributed by atoms with Gasteiger partial charge in [-0.3, -0.25) is 0 Å². The minimum Gasteiger partial charge on any atom is -0.488 e. The highest BCUT2D eigenvalue weighted by Gasteiger charge is 2.19. The smallest absolute Gasteiger partial charge is 0.343 e. The number of aliphatic carboxylic acids is 1. The fraction of sp³-hybridized carbons (Fsp3) is 0.125. The first kappa shape index (κ1) is 16.3. The van der Waals surface area contributed by atoms with Gasteiger partial charge in [-0.15, -0.1) is 0 Å². The van der Waals surface area contributed by atoms with Gasteiger partial charge in [-0.1, -0.05) is 18.2 Å². The lowest BCUT2D eigenvalue weighted by atomic mass is 10.1. The summed E-state index contributed by atoms with van der Waals surface area (Å²) in [6, 6.07) is 9.83. The molecule has 0 aliphatic heterocycles. The summed E-state index contributed by atoms with van der Waals surface area (Å²) in [7, 11) is 0. The third-order valence-electron chi connectivity index (χ3n) is 2.86. The zero-order valence-corrected chi connectivity index (χ0v) is 11.9. The number of carbonyl (C=O) groups is 2. The highest BCUT2D eigenvalue weighted by atomic mass is 19.1. The van der Waals surface area contributed by atoms with Crippen LogP contribution in [0.25, 0.3) is 0 Å². The maximum Gasteiger partial charge on any atom is 0.343 e. The van der Waals surface area contributed by atoms with E-state index in [1.165, 1.54) is 42.5 Å². The summed E-state index contributed by atoms with van der Waals surface area (Å²) in [4.78, 5) is 21.9. The van der Waals surface area contributed by atoms with Crippen molar-refractivity contribution in [2.45, 2.75) is 6.61 Å². The Morgan fingerprint density at radius 3 is 2.13 bits per heavy atom. The van der Waals surface area contributed by atoms with Crippen molar-refractivity contribution in [1.82, 2.24) is 0 Å². The minimum atomic E-state index is -1.31. The third kappa shape index (κ3) is 4.44. The molecule has 0 amide bonds. The molecule has 0 unspecified atom stereocenters. The van der Waals surface area contributed by atoms with Crippen molar-refractivity contribution in [2.75, 3.05) is 6.61 Å². The Balaban J connectivity index is 2.19. The molecule has 0 saturated carbocycles. The molecular formula is C16H13FO6. The second kappa shape index (κ2) is 7.26. The summed E-state index contributed by atoms with van der Waals surface area (Å²) in [5, 5.41) is 17.9. The molecule has 0 heterocycles. The molecule has 0 aliphatic carbocycles. The van der Waals surface area contributed by atoms with E-state index >= 15 is 0 Å². The Bertz CT molecular complexity index is 711. The largest absolute Gasteiger partial charge is 0.488 e. The Morgan fingerprint density at radius 1 is 0.957 bits per heavy atom. The predicted octanol–water partition coefficient (Wildman–Crippen LogP) is 2.57. The maximum atomic E-state index is 12.8. The number of halogens is 1. The molecule has 6 nitrogen and oxygen atoms in total. The van der Waals surface area contributed by atoms with Crippen LogP contribution in [0.15, 0.2) is 42.5 Å². The van der Waals surface area contributed by atoms with Gasteiger partial charge < -0.3 is 19.7 Å². The molecule has 0 aromatic heterocycles. The van der Waals surface area contributed by atoms with Crippen LogP contribution in [0.2, 0.25) is 0 Å². The standard InChI is InChI=1S/C16H13FO6/c17-11-6-4-10(5-7-11)8-22-12-2-1-3-13(15(12)16(20)21)23-9-14(18)19/h1-7H,8-9H2,(H,18,19)(H,20,21). The number of hydrogen-bond donors (Lipinski definition) is 2. The number of benzene rings is 2. The lowest BCUT2D eigenvalue weighted by Crippen LogP contribution is -2.13. The van der Waals surface area contributed by atoms with Gasteiger partial charge in [-0.05, 0) is 29.8 Å². The summed E-state index contributed by atoms with van der Waals surface area (Å²) < 4.78 is 23.2. The Labute approximate surface area is 130 Å². The van der Waals surface area contributed by atoms with E-state index in [1.54, 1.807) is 0 Å². The van der Waals surface area contributed by atoms with Crippen molar-refractivity contribution in [2.24, 2.45) is 0 Å². The Hall–Kier alpha value is -3.09. The molecule has 2 aromatic rings. The first-order valence-electron chi connectivity index (χ1n) is 6.55. The van der Waals surface area contributed by atoms with Crippen molar-refractivity contribution < 1.29 is 33.7 Å². The summed E-state index contributed by atoms with van der Waals surface area (Å²) in [5.41, 5.74) is 0.385. The molecule has 0 bridgehead atoms. The highest BCUT2D eigenvalue weighted by molar-refractivity contribution is 5.94. The molecule has 2 aromatic carbocycles. The molecule has 0 atom stereocenters. The van der Waals surface area contributed by atoms with Gasteiger partial charge in [0.2, 0.25) is 0 Å². The van der Waals surface area contributed by atoms with Crippen molar-refractivity contribution in [3.8, 4) is 11.5 Å². The van der Waals surface area contributed by atoms with Crippen molar-refractivity contribution in [1.29, 1.82) is 0 Å². The van der Waals surface area contributed by atoms with E-state index in [-0.39, 0.29) is 29.5 Å². The molecule has 0 aliphatic rings. The van der Waals surface area contributed by atoms with Crippen LogP contribution in [0, 0.1) is 5.82 Å². The molecule has 2 N–H and O–H groups in total. The van der Waals surface area contributed by atoms with Gasteiger partial charge >= 0.3 is 11.9 Å². The second-order valence-electron chi connectivity index (χ2n) is 4.53. The van der Waals surface area contributed by atoms with Crippen LogP contribution in [-0.2, 0) is 11.4 Å². The normalized spacial score (nSPS) is 10.1. The number of aromatic carboxylic acids is 1. The molecule has 0 fully saturated rings. The van der Waals surface area contributed by atoms with E-state index < -0.39 is 18.5 Å². The zero-order chi connectivity index (χ0) is 16.8. The minimum absolute atomic E-state index is 0.0307. The van der Waals surface area contributed by atoms with Gasteiger partial charge in [0, 0.05) is 0 Å². The predicted molar refractivity (Wildman–Crippen MR) is 77.3 cm³/mol. The number of rotatable bonds is 7. The first-order chi connectivity index (χ1) is 11.0. The number of carboxylic acids is 2. The van der Waals surface area contributed by atoms with Gasteiger partial charge in [-0.2, -0.15) is 0 Å². The van der Waals surface area contributed by atoms with Gasteiger partial charge in [0.15, 0.2) is 6.61 Å². The van der Waals surface area contributed by atoms with Crippen LogP contribution < -0.4 is 9.47 Å². The van der Waals surface area contributed by atoms with E-state index in [4.69, 9.17) is 14.6 Å². The average Bonchev–Trinajstić information content (AvgIpc) is 2.52. The van der Waals surface area contributed by atoms with E-state index in [9.17, 15) is 19.1 Å². The highest BCUT2D eigenvalue weighted by Crippen LogP contribution is 2.29. The van der Waals surface area contributed by atoms with E-state index in [0.29, 0.717) is 5.56 Å². The van der Waals surface area contributed by atoms with E-state index in [1.807, 2.05) is 0 Å². The third-order valence-corrected chi connectivity index (χ3v) is 2.86. The number of carboxylic acid groups (broad SMARTS) is 2. The van der Waals surface area contributed by atoms with Crippen LogP contribution in [0.4, 0.5) is 4.39 Å². The zero-order valence-electron chi connectivity index (χ0n) is 11.9. The second-order valence-corrected chi connectivity index (χ2v) is 4.53. The molecule has 2 rings (SSSR count). The Morgan fingerprint density at radius 2 is 1.57 bits per heavy atom. The number of hydrogen-bond acceptors (Lipinski definition) is 4. The van der Waals surface area contributed by atoms with E-state index in [0.717, 1.165) is 0 Å². The van der Waals surface area contributed by atoms with Crippen LogP contribution >= 0.6 is 0 Å². The van der Waals surface area contributed by atoms with Gasteiger partial charge in [0.25, 0.3) is 0 Å². The van der Waals surface area contributed by atoms with Crippen LogP contribution in [-0.4, -0.2) is 28.8 Å². The summed E-state index contributed by atoms with van der Waals surface area (Å²) in [5.74, 6) is -2.98. The molecular weight excluding hydrogens is 307 g/mol. The maximum absolute atomic E-state index is 12.8. The van der Waals surface area contributed by atoms with Gasteiger partial charge in [0.1, 0.15) is 29.5 Å². The fourth-order valence-corrected chi connectivity index (χ4v) is 1.84. The molecule has 0 radical (unpaired) electrons. The van der Waals surface area contributed by atoms with Gasteiger partial charge in [-0.25, -0.2) is 14.0 Å². The van der Waals surface area contributed by atoms with Crippen molar-refractivity contribution >= 4 is 11.9 Å². The number of ether oxygens (including phenoxy) is 2. The topological polar surface area (TPSA) is 93.1 Å². The Kier molecular flexibility index (Phi) is 5.14. The lowest BCUT2D eigenvalue weighted by Gasteiger charge is -2.13. The fourth-order valence-electron chi connectivity index (χ4n) is 1.84. The molecule has 23 heavy (non-hydrogen) atoms. The van der Waals surface area contributed by atoms with Gasteiger partial charge in [0.05, 0.1) is 0 Å². The molecule has 120 valence electrons. The summed E-state index contributed by atoms with van der Waals surface area (Å²) in [6.07, 6.45) is 0. The molecule has 7 heteroatoms. The van der Waals surface area contributed by atoms with Crippen LogP contribution in [0.1, 0.15) is 15.9 Å². The van der Waals surface area contributed by atoms with Crippen molar-refractivity contribution in [3.63, 3.8) is 0 Å². The average molecular weight is 320 g/mol.